The molecule has 1 atom stereocenters. The molecule has 1 aliphatic carbocycles. The highest BCUT2D eigenvalue weighted by Gasteiger charge is 2.16. The van der Waals surface area contributed by atoms with Crippen LogP contribution in [0.5, 0.6) is 0 Å². The Kier molecular flexibility index (Phi) is 0.481. The van der Waals surface area contributed by atoms with Gasteiger partial charge in [-0.3, -0.25) is 0 Å². The van der Waals surface area contributed by atoms with E-state index in [1.165, 1.54) is 0 Å². The highest BCUT2D eigenvalue weighted by Crippen LogP contribution is 2.25. The number of hydrogen-bond donors (Lipinski definition) is 0. The molecule has 0 spiro atoms. The molecule has 30 valence electrons. The second-order valence-corrected chi connectivity index (χ2v) is 1.52. The maximum absolute atomic E-state index is 8.06. The van der Waals surface area contributed by atoms with Gasteiger partial charge >= 0.3 is 0 Å². The summed E-state index contributed by atoms with van der Waals surface area (Å²) >= 11 is 0. The van der Waals surface area contributed by atoms with Crippen molar-refractivity contribution in [2.24, 2.45) is 5.92 Å². The van der Waals surface area contributed by atoms with Crippen LogP contribution in [-0.2, 0) is 0 Å². The predicted octanol–water partition coefficient (Wildman–Crippen LogP) is 1.09. The summed E-state index contributed by atoms with van der Waals surface area (Å²) in [7, 11) is 0. The van der Waals surface area contributed by atoms with Gasteiger partial charge in [-0.25, -0.2) is 0 Å². The van der Waals surface area contributed by atoms with Crippen LogP contribution in [0, 0.1) is 17.2 Å². The van der Waals surface area contributed by atoms with Gasteiger partial charge in [0.25, 0.3) is 0 Å². The molecule has 0 fully saturated rings. The van der Waals surface area contributed by atoms with E-state index in [4.69, 9.17) is 5.26 Å². The molecule has 0 bridgehead atoms. The molecule has 1 heteroatoms. The first-order valence-electron chi connectivity index (χ1n) is 1.96. The van der Waals surface area contributed by atoms with Crippen LogP contribution in [-0.4, -0.2) is 0 Å². The molecule has 0 aromatic carbocycles. The lowest BCUT2D eigenvalue weighted by Gasteiger charge is -1.66. The second kappa shape index (κ2) is 0.844. The summed E-state index contributed by atoms with van der Waals surface area (Å²) in [5, 5.41) is 8.06. The SMILES string of the molecule is CC1C=C1C#N. The Morgan fingerprint density at radius 2 is 2.50 bits per heavy atom. The van der Waals surface area contributed by atoms with Gasteiger partial charge in [0.15, 0.2) is 0 Å². The van der Waals surface area contributed by atoms with Crippen molar-refractivity contribution in [1.82, 2.24) is 0 Å². The van der Waals surface area contributed by atoms with Gasteiger partial charge in [-0.15, -0.1) is 0 Å². The van der Waals surface area contributed by atoms with E-state index in [0.29, 0.717) is 5.92 Å². The van der Waals surface area contributed by atoms with E-state index in [-0.39, 0.29) is 0 Å². The van der Waals surface area contributed by atoms with Gasteiger partial charge in [0.05, 0.1) is 6.07 Å². The number of rotatable bonds is 0. The Labute approximate surface area is 36.9 Å². The summed E-state index contributed by atoms with van der Waals surface area (Å²) < 4.78 is 0. The van der Waals surface area contributed by atoms with Gasteiger partial charge in [-0.05, 0) is 0 Å². The van der Waals surface area contributed by atoms with Crippen LogP contribution in [0.25, 0.3) is 0 Å². The average Bonchev–Trinajstić information content (AvgIpc) is 2.19. The molecule has 0 aromatic rings. The smallest absolute Gasteiger partial charge is 0.0950 e. The Balaban J connectivity index is 2.48. The van der Waals surface area contributed by atoms with Crippen molar-refractivity contribution in [3.05, 3.63) is 11.6 Å². The van der Waals surface area contributed by atoms with Crippen LogP contribution in [0.4, 0.5) is 0 Å². The molecular weight excluding hydrogens is 74.1 g/mol. The Hall–Kier alpha value is -0.770. The molecule has 0 aliphatic heterocycles. The third kappa shape index (κ3) is 0.307. The number of allylic oxidation sites excluding steroid dienone is 2. The van der Waals surface area contributed by atoms with Crippen LogP contribution in [0.2, 0.25) is 0 Å². The van der Waals surface area contributed by atoms with Crippen molar-refractivity contribution < 1.29 is 0 Å². The van der Waals surface area contributed by atoms with Crippen molar-refractivity contribution in [1.29, 1.82) is 5.26 Å². The van der Waals surface area contributed by atoms with E-state index in [1.807, 2.05) is 19.1 Å². The molecule has 0 radical (unpaired) electrons. The fourth-order valence-electron chi connectivity index (χ4n) is 0.360. The van der Waals surface area contributed by atoms with Crippen LogP contribution in [0.1, 0.15) is 6.92 Å². The minimum atomic E-state index is 0.495. The Bertz CT molecular complexity index is 127. The molecular formula is C5H5N. The zero-order valence-electron chi connectivity index (χ0n) is 3.60. The highest BCUT2D eigenvalue weighted by atomic mass is 14.3. The molecule has 6 heavy (non-hydrogen) atoms. The molecule has 1 aliphatic rings. The molecule has 1 nitrogen and oxygen atoms in total. The first-order valence-corrected chi connectivity index (χ1v) is 1.96. The Morgan fingerprint density at radius 1 is 2.00 bits per heavy atom. The lowest BCUT2D eigenvalue weighted by atomic mass is 10.4. The molecule has 0 saturated heterocycles. The van der Waals surface area contributed by atoms with Crippen LogP contribution < -0.4 is 0 Å². The number of nitrogens with zero attached hydrogens (tertiary/aromatic N) is 1. The fourth-order valence-corrected chi connectivity index (χ4v) is 0.360. The minimum Gasteiger partial charge on any atom is -0.193 e. The van der Waals surface area contributed by atoms with E-state index >= 15 is 0 Å². The maximum Gasteiger partial charge on any atom is 0.0950 e. The molecule has 0 amide bonds. The number of hydrogen-bond acceptors (Lipinski definition) is 1. The molecule has 1 unspecified atom stereocenters. The van der Waals surface area contributed by atoms with Crippen molar-refractivity contribution in [2.45, 2.75) is 6.92 Å². The third-order valence-corrected chi connectivity index (χ3v) is 0.940. The largest absolute Gasteiger partial charge is 0.193 e. The van der Waals surface area contributed by atoms with Crippen molar-refractivity contribution in [3.8, 4) is 6.07 Å². The van der Waals surface area contributed by atoms with Gasteiger partial charge in [-0.2, -0.15) is 5.26 Å². The highest BCUT2D eigenvalue weighted by molar-refractivity contribution is 5.40. The summed E-state index contributed by atoms with van der Waals surface area (Å²) in [5.41, 5.74) is 0.940. The zero-order valence-corrected chi connectivity index (χ0v) is 3.60. The first-order chi connectivity index (χ1) is 2.84. The summed E-state index contributed by atoms with van der Waals surface area (Å²) in [6.45, 7) is 2.01. The van der Waals surface area contributed by atoms with Gasteiger partial charge in [-0.1, -0.05) is 13.0 Å². The normalized spacial score (nSPS) is 28.0. The molecule has 0 saturated carbocycles. The van der Waals surface area contributed by atoms with E-state index in [2.05, 4.69) is 0 Å². The minimum absolute atomic E-state index is 0.495. The van der Waals surface area contributed by atoms with Crippen molar-refractivity contribution in [2.75, 3.05) is 0 Å². The molecule has 1 rings (SSSR count). The number of nitriles is 1. The first kappa shape index (κ1) is 3.42. The third-order valence-electron chi connectivity index (χ3n) is 0.940. The van der Waals surface area contributed by atoms with E-state index in [0.717, 1.165) is 5.57 Å². The van der Waals surface area contributed by atoms with Crippen molar-refractivity contribution in [3.63, 3.8) is 0 Å². The van der Waals surface area contributed by atoms with Crippen LogP contribution in [0.3, 0.4) is 0 Å². The van der Waals surface area contributed by atoms with Crippen molar-refractivity contribution >= 4 is 0 Å². The summed E-state index contributed by atoms with van der Waals surface area (Å²) in [6.07, 6.45) is 1.94. The van der Waals surface area contributed by atoms with E-state index < -0.39 is 0 Å². The summed E-state index contributed by atoms with van der Waals surface area (Å²) in [6, 6.07) is 2.05. The zero-order chi connectivity index (χ0) is 4.57. The van der Waals surface area contributed by atoms with E-state index in [1.54, 1.807) is 0 Å². The topological polar surface area (TPSA) is 23.8 Å². The maximum atomic E-state index is 8.06. The van der Waals surface area contributed by atoms with Crippen LogP contribution in [0.15, 0.2) is 11.6 Å². The van der Waals surface area contributed by atoms with Gasteiger partial charge in [0.1, 0.15) is 0 Å². The average molecular weight is 79.1 g/mol. The standard InChI is InChI=1S/C5H5N/c1-4-2-5(4)3-6/h2,4H,1H3. The van der Waals surface area contributed by atoms with Crippen LogP contribution >= 0.6 is 0 Å². The molecule has 0 N–H and O–H groups in total. The Morgan fingerprint density at radius 3 is 2.50 bits per heavy atom. The van der Waals surface area contributed by atoms with Gasteiger partial charge < -0.3 is 0 Å². The molecule has 0 aromatic heterocycles. The predicted molar refractivity (Wildman–Crippen MR) is 22.9 cm³/mol. The molecule has 0 heterocycles. The monoisotopic (exact) mass is 79.0 g/mol. The second-order valence-electron chi connectivity index (χ2n) is 1.52. The fraction of sp³-hybridized carbons (Fsp3) is 0.400. The van der Waals surface area contributed by atoms with E-state index in [9.17, 15) is 0 Å². The summed E-state index contributed by atoms with van der Waals surface area (Å²) in [5.74, 6) is 0.495. The quantitative estimate of drug-likeness (QED) is 0.426. The van der Waals surface area contributed by atoms with Gasteiger partial charge in [0.2, 0.25) is 0 Å². The lowest BCUT2D eigenvalue weighted by molar-refractivity contribution is 1.06. The summed E-state index contributed by atoms with van der Waals surface area (Å²) in [4.78, 5) is 0. The lowest BCUT2D eigenvalue weighted by Crippen LogP contribution is -1.61. The van der Waals surface area contributed by atoms with Gasteiger partial charge in [0, 0.05) is 11.5 Å².